The number of methoxy groups -OCH3 is 1. The van der Waals surface area contributed by atoms with Gasteiger partial charge in [0.25, 0.3) is 0 Å². The number of fused-ring (bicyclic) bond motifs is 1. The topological polar surface area (TPSA) is 81.1 Å². The van der Waals surface area contributed by atoms with Crippen LogP contribution < -0.4 is 15.4 Å². The van der Waals surface area contributed by atoms with Gasteiger partial charge in [-0.1, -0.05) is 0 Å². The van der Waals surface area contributed by atoms with Crippen molar-refractivity contribution < 1.29 is 9.53 Å². The number of rotatable bonds is 7. The Morgan fingerprint density at radius 1 is 1.30 bits per heavy atom. The molecule has 0 aliphatic rings. The summed E-state index contributed by atoms with van der Waals surface area (Å²) >= 11 is 0. The second-order valence-electron chi connectivity index (χ2n) is 5.59. The predicted molar refractivity (Wildman–Crippen MR) is 89.8 cm³/mol. The van der Waals surface area contributed by atoms with Crippen molar-refractivity contribution in [2.24, 2.45) is 7.05 Å². The lowest BCUT2D eigenvalue weighted by Gasteiger charge is -2.11. The highest BCUT2D eigenvalue weighted by Crippen LogP contribution is 2.30. The Balaban J connectivity index is 2.22. The first kappa shape index (κ1) is 17.2. The van der Waals surface area contributed by atoms with Crippen LogP contribution in [0.25, 0.3) is 11.0 Å². The molecule has 23 heavy (non-hydrogen) atoms. The van der Waals surface area contributed by atoms with Gasteiger partial charge in [0.15, 0.2) is 5.65 Å². The third-order valence-corrected chi connectivity index (χ3v) is 4.02. The minimum absolute atomic E-state index is 0.0531. The Labute approximate surface area is 136 Å². The highest BCUT2D eigenvalue weighted by atomic mass is 16.5. The first-order valence-corrected chi connectivity index (χ1v) is 7.77. The van der Waals surface area contributed by atoms with E-state index >= 15 is 0 Å². The lowest BCUT2D eigenvalue weighted by Crippen LogP contribution is -2.30. The van der Waals surface area contributed by atoms with Crippen LogP contribution in [0.15, 0.2) is 0 Å². The zero-order valence-electron chi connectivity index (χ0n) is 14.5. The molecule has 2 N–H and O–H groups in total. The summed E-state index contributed by atoms with van der Waals surface area (Å²) < 4.78 is 7.08. The van der Waals surface area contributed by atoms with Crippen LogP contribution in [0, 0.1) is 13.8 Å². The molecule has 7 nitrogen and oxygen atoms in total. The number of likely N-dealkylation sites (N-methyl/N-ethyl adjacent to an activating group) is 1. The molecule has 0 bridgehead atoms. The molecule has 2 aromatic rings. The van der Waals surface area contributed by atoms with Gasteiger partial charge in [0, 0.05) is 32.3 Å². The molecule has 0 unspecified atom stereocenters. The maximum atomic E-state index is 11.9. The number of hydrogen-bond donors (Lipinski definition) is 2. The minimum Gasteiger partial charge on any atom is -0.479 e. The van der Waals surface area contributed by atoms with Crippen molar-refractivity contribution >= 4 is 16.9 Å². The molecule has 0 atom stereocenters. The Bertz CT molecular complexity index is 708. The van der Waals surface area contributed by atoms with Crippen molar-refractivity contribution in [1.82, 2.24) is 25.4 Å². The molecular weight excluding hydrogens is 294 g/mol. The highest BCUT2D eigenvalue weighted by Gasteiger charge is 2.18. The molecule has 1 amide bonds. The molecule has 0 saturated heterocycles. The van der Waals surface area contributed by atoms with Gasteiger partial charge < -0.3 is 15.4 Å². The summed E-state index contributed by atoms with van der Waals surface area (Å²) in [7, 11) is 5.32. The molecule has 0 aliphatic carbocycles. The molecule has 2 aromatic heterocycles. The average Bonchev–Trinajstić information content (AvgIpc) is 2.83. The maximum absolute atomic E-state index is 11.9. The first-order chi connectivity index (χ1) is 11.0. The number of nitrogens with zero attached hydrogens (tertiary/aromatic N) is 3. The molecule has 2 rings (SSSR count). The molecule has 0 fully saturated rings. The lowest BCUT2D eigenvalue weighted by molar-refractivity contribution is -0.121. The molecular formula is C16H25N5O2. The summed E-state index contributed by atoms with van der Waals surface area (Å²) in [5.41, 5.74) is 3.91. The van der Waals surface area contributed by atoms with Crippen LogP contribution in [0.3, 0.4) is 0 Å². The van der Waals surface area contributed by atoms with E-state index in [-0.39, 0.29) is 5.91 Å². The summed E-state index contributed by atoms with van der Waals surface area (Å²) in [5, 5.41) is 11.2. The smallest absolute Gasteiger partial charge is 0.242 e. The molecule has 0 spiro atoms. The summed E-state index contributed by atoms with van der Waals surface area (Å²) in [5.74, 6) is 0.629. The highest BCUT2D eigenvalue weighted by molar-refractivity contribution is 5.86. The minimum atomic E-state index is 0.0531. The number of hydrogen-bond acceptors (Lipinski definition) is 5. The number of nitrogens with one attached hydrogen (secondary N) is 2. The Hall–Kier alpha value is -2.15. The predicted octanol–water partition coefficient (Wildman–Crippen LogP) is 0.862. The van der Waals surface area contributed by atoms with Crippen LogP contribution >= 0.6 is 0 Å². The number of aromatic nitrogens is 3. The standard InChI is InChI=1S/C16H25N5O2/c1-10-12(6-7-13(22)18-9-8-17-3)11(2)19-15-14(10)16(23-5)20-21(15)4/h17H,6-9H2,1-5H3,(H,18,22). The number of carbonyl (C=O) groups is 1. The largest absolute Gasteiger partial charge is 0.479 e. The van der Waals surface area contributed by atoms with Crippen molar-refractivity contribution in [3.8, 4) is 5.88 Å². The normalized spacial score (nSPS) is 11.0. The van der Waals surface area contributed by atoms with Crippen LogP contribution in [0.5, 0.6) is 5.88 Å². The fourth-order valence-electron chi connectivity index (χ4n) is 2.76. The van der Waals surface area contributed by atoms with Gasteiger partial charge >= 0.3 is 0 Å². The summed E-state index contributed by atoms with van der Waals surface area (Å²) in [4.78, 5) is 16.5. The fourth-order valence-corrected chi connectivity index (χ4v) is 2.76. The van der Waals surface area contributed by atoms with E-state index in [9.17, 15) is 4.79 Å². The van der Waals surface area contributed by atoms with Crippen molar-refractivity contribution in [2.75, 3.05) is 27.2 Å². The molecule has 0 aromatic carbocycles. The molecule has 2 heterocycles. The number of pyridine rings is 1. The number of ether oxygens (including phenoxy) is 1. The van der Waals surface area contributed by atoms with E-state index in [0.717, 1.165) is 34.4 Å². The quantitative estimate of drug-likeness (QED) is 0.740. The van der Waals surface area contributed by atoms with Gasteiger partial charge in [-0.05, 0) is 38.4 Å². The molecule has 0 saturated carbocycles. The summed E-state index contributed by atoms with van der Waals surface area (Å²) in [6, 6.07) is 0. The van der Waals surface area contributed by atoms with E-state index in [2.05, 4.69) is 20.7 Å². The van der Waals surface area contributed by atoms with Gasteiger partial charge in [0.1, 0.15) is 0 Å². The van der Waals surface area contributed by atoms with Gasteiger partial charge in [-0.3, -0.25) is 4.79 Å². The SMILES string of the molecule is CNCCNC(=O)CCc1c(C)nc2c(c(OC)nn2C)c1C. The summed E-state index contributed by atoms with van der Waals surface area (Å²) in [6.45, 7) is 5.42. The third kappa shape index (κ3) is 3.61. The lowest BCUT2D eigenvalue weighted by atomic mass is 10.00. The van der Waals surface area contributed by atoms with E-state index in [0.29, 0.717) is 25.3 Å². The zero-order valence-corrected chi connectivity index (χ0v) is 14.5. The van der Waals surface area contributed by atoms with Gasteiger partial charge in [0.05, 0.1) is 12.5 Å². The van der Waals surface area contributed by atoms with E-state index in [1.165, 1.54) is 0 Å². The van der Waals surface area contributed by atoms with Crippen LogP contribution in [0.2, 0.25) is 0 Å². The van der Waals surface area contributed by atoms with Gasteiger partial charge in [-0.25, -0.2) is 9.67 Å². The summed E-state index contributed by atoms with van der Waals surface area (Å²) in [6.07, 6.45) is 1.10. The fraction of sp³-hybridized carbons (Fsp3) is 0.562. The molecule has 126 valence electrons. The third-order valence-electron chi connectivity index (χ3n) is 4.02. The second-order valence-corrected chi connectivity index (χ2v) is 5.59. The van der Waals surface area contributed by atoms with Gasteiger partial charge in [0.2, 0.25) is 11.8 Å². The van der Waals surface area contributed by atoms with E-state index in [1.54, 1.807) is 11.8 Å². The molecule has 0 radical (unpaired) electrons. The van der Waals surface area contributed by atoms with Crippen LogP contribution in [0.4, 0.5) is 0 Å². The molecule has 0 aliphatic heterocycles. The van der Waals surface area contributed by atoms with Crippen molar-refractivity contribution in [2.45, 2.75) is 26.7 Å². The van der Waals surface area contributed by atoms with Crippen LogP contribution in [-0.4, -0.2) is 47.9 Å². The number of aryl methyl sites for hydroxylation is 3. The number of carbonyl (C=O) groups excluding carboxylic acids is 1. The van der Waals surface area contributed by atoms with Crippen molar-refractivity contribution in [1.29, 1.82) is 0 Å². The molecule has 7 heteroatoms. The second kappa shape index (κ2) is 7.41. The van der Waals surface area contributed by atoms with E-state index < -0.39 is 0 Å². The Morgan fingerprint density at radius 3 is 2.70 bits per heavy atom. The monoisotopic (exact) mass is 319 g/mol. The number of amides is 1. The van der Waals surface area contributed by atoms with E-state index in [1.807, 2.05) is 27.9 Å². The van der Waals surface area contributed by atoms with Crippen molar-refractivity contribution in [3.63, 3.8) is 0 Å². The van der Waals surface area contributed by atoms with Gasteiger partial charge in [-0.15, -0.1) is 5.10 Å². The van der Waals surface area contributed by atoms with Crippen LogP contribution in [-0.2, 0) is 18.3 Å². The van der Waals surface area contributed by atoms with Gasteiger partial charge in [-0.2, -0.15) is 0 Å². The Kier molecular flexibility index (Phi) is 5.54. The van der Waals surface area contributed by atoms with Crippen molar-refractivity contribution in [3.05, 3.63) is 16.8 Å². The zero-order chi connectivity index (χ0) is 17.0. The average molecular weight is 319 g/mol. The van der Waals surface area contributed by atoms with Crippen LogP contribution in [0.1, 0.15) is 23.2 Å². The first-order valence-electron chi connectivity index (χ1n) is 7.77. The maximum Gasteiger partial charge on any atom is 0.242 e. The Morgan fingerprint density at radius 2 is 2.04 bits per heavy atom. The van der Waals surface area contributed by atoms with E-state index in [4.69, 9.17) is 4.74 Å².